The standard InChI is InChI=1S/C16H21N3O5/c1-10(2)15-16(21)17-7-8-24-13-9-11(4-6-14(20)18-15)3-5-12(13)19(22)23/h3,5,9-10,15H,4,6-8H2,1-2H3,(H,17,21)(H,18,20). The van der Waals surface area contributed by atoms with Crippen molar-refractivity contribution >= 4 is 17.5 Å². The van der Waals surface area contributed by atoms with Crippen LogP contribution in [0.3, 0.4) is 0 Å². The Morgan fingerprint density at radius 1 is 1.29 bits per heavy atom. The summed E-state index contributed by atoms with van der Waals surface area (Å²) in [5.41, 5.74) is 0.634. The Labute approximate surface area is 139 Å². The van der Waals surface area contributed by atoms with Crippen LogP contribution in [0.25, 0.3) is 0 Å². The minimum atomic E-state index is -0.615. The molecule has 1 heterocycles. The number of hydrogen-bond acceptors (Lipinski definition) is 5. The zero-order valence-corrected chi connectivity index (χ0v) is 13.7. The summed E-state index contributed by atoms with van der Waals surface area (Å²) in [6.45, 7) is 4.01. The first kappa shape index (κ1) is 17.7. The summed E-state index contributed by atoms with van der Waals surface area (Å²) in [7, 11) is 0. The SMILES string of the molecule is CC(C)C1NC(=O)CCc2ccc([N+](=O)[O-])c(c2)OCCNC1=O. The van der Waals surface area contributed by atoms with E-state index >= 15 is 0 Å². The molecule has 0 spiro atoms. The Balaban J connectivity index is 2.23. The number of fused-ring (bicyclic) bond motifs is 2. The first-order valence-corrected chi connectivity index (χ1v) is 7.85. The van der Waals surface area contributed by atoms with Crippen LogP contribution in [0.5, 0.6) is 5.75 Å². The van der Waals surface area contributed by atoms with E-state index < -0.39 is 11.0 Å². The maximum absolute atomic E-state index is 12.2. The molecular weight excluding hydrogens is 314 g/mol. The molecule has 1 aliphatic heterocycles. The number of nitrogens with one attached hydrogen (secondary N) is 2. The zero-order chi connectivity index (χ0) is 17.7. The summed E-state index contributed by atoms with van der Waals surface area (Å²) >= 11 is 0. The van der Waals surface area contributed by atoms with Crippen molar-refractivity contribution in [3.8, 4) is 5.75 Å². The lowest BCUT2D eigenvalue weighted by molar-refractivity contribution is -0.385. The topological polar surface area (TPSA) is 111 Å². The first-order chi connectivity index (χ1) is 11.4. The van der Waals surface area contributed by atoms with Crippen LogP contribution < -0.4 is 15.4 Å². The van der Waals surface area contributed by atoms with Gasteiger partial charge >= 0.3 is 5.69 Å². The van der Waals surface area contributed by atoms with Gasteiger partial charge in [0.2, 0.25) is 11.8 Å². The Bertz CT molecular complexity index is 645. The average Bonchev–Trinajstić information content (AvgIpc) is 2.54. The fraction of sp³-hybridized carbons (Fsp3) is 0.500. The quantitative estimate of drug-likeness (QED) is 0.623. The van der Waals surface area contributed by atoms with Crippen molar-refractivity contribution in [2.24, 2.45) is 5.92 Å². The number of carbonyl (C=O) groups is 2. The molecule has 1 unspecified atom stereocenters. The molecule has 0 aromatic heterocycles. The number of hydrogen-bond donors (Lipinski definition) is 2. The minimum Gasteiger partial charge on any atom is -0.485 e. The largest absolute Gasteiger partial charge is 0.485 e. The van der Waals surface area contributed by atoms with Gasteiger partial charge in [-0.25, -0.2) is 0 Å². The van der Waals surface area contributed by atoms with Gasteiger partial charge in [0.15, 0.2) is 5.75 Å². The molecule has 2 amide bonds. The number of nitrogens with zero attached hydrogens (tertiary/aromatic N) is 1. The van der Waals surface area contributed by atoms with Crippen LogP contribution in [0.4, 0.5) is 5.69 Å². The fourth-order valence-corrected chi connectivity index (χ4v) is 2.46. The highest BCUT2D eigenvalue weighted by molar-refractivity contribution is 5.87. The third kappa shape index (κ3) is 4.43. The van der Waals surface area contributed by atoms with E-state index in [1.54, 1.807) is 12.1 Å². The van der Waals surface area contributed by atoms with Gasteiger partial charge in [0.1, 0.15) is 12.6 Å². The van der Waals surface area contributed by atoms with Crippen molar-refractivity contribution in [2.45, 2.75) is 32.7 Å². The number of carbonyl (C=O) groups excluding carboxylic acids is 2. The van der Waals surface area contributed by atoms with E-state index in [2.05, 4.69) is 10.6 Å². The molecule has 0 radical (unpaired) electrons. The second-order valence-electron chi connectivity index (χ2n) is 5.99. The number of nitro benzene ring substituents is 1. The van der Waals surface area contributed by atoms with Gasteiger partial charge in [-0.15, -0.1) is 0 Å². The van der Waals surface area contributed by atoms with Crippen molar-refractivity contribution < 1.29 is 19.2 Å². The van der Waals surface area contributed by atoms with Crippen molar-refractivity contribution in [2.75, 3.05) is 13.2 Å². The van der Waals surface area contributed by atoms with Gasteiger partial charge in [-0.05, 0) is 24.0 Å². The highest BCUT2D eigenvalue weighted by Crippen LogP contribution is 2.28. The van der Waals surface area contributed by atoms with E-state index in [4.69, 9.17) is 4.74 Å². The molecule has 8 nitrogen and oxygen atoms in total. The third-order valence-corrected chi connectivity index (χ3v) is 3.79. The van der Waals surface area contributed by atoms with Crippen LogP contribution >= 0.6 is 0 Å². The van der Waals surface area contributed by atoms with Gasteiger partial charge in [0.25, 0.3) is 0 Å². The van der Waals surface area contributed by atoms with Gasteiger partial charge in [0.05, 0.1) is 11.5 Å². The van der Waals surface area contributed by atoms with E-state index in [1.807, 2.05) is 13.8 Å². The monoisotopic (exact) mass is 335 g/mol. The summed E-state index contributed by atoms with van der Waals surface area (Å²) in [5.74, 6) is -0.430. The number of benzene rings is 1. The summed E-state index contributed by atoms with van der Waals surface area (Å²) in [6.07, 6.45) is 0.598. The number of nitro groups is 1. The van der Waals surface area contributed by atoms with Crippen LogP contribution in [0.15, 0.2) is 18.2 Å². The van der Waals surface area contributed by atoms with E-state index in [0.717, 1.165) is 5.56 Å². The van der Waals surface area contributed by atoms with Crippen molar-refractivity contribution in [3.63, 3.8) is 0 Å². The van der Waals surface area contributed by atoms with Crippen molar-refractivity contribution in [1.82, 2.24) is 10.6 Å². The van der Waals surface area contributed by atoms with E-state index in [0.29, 0.717) is 6.42 Å². The smallest absolute Gasteiger partial charge is 0.310 e. The maximum Gasteiger partial charge on any atom is 0.310 e. The summed E-state index contributed by atoms with van der Waals surface area (Å²) < 4.78 is 5.46. The summed E-state index contributed by atoms with van der Waals surface area (Å²) in [4.78, 5) is 34.8. The van der Waals surface area contributed by atoms with Gasteiger partial charge in [-0.3, -0.25) is 19.7 Å². The number of rotatable bonds is 2. The van der Waals surface area contributed by atoms with E-state index in [1.165, 1.54) is 6.07 Å². The van der Waals surface area contributed by atoms with E-state index in [-0.39, 0.29) is 48.7 Å². The second-order valence-corrected chi connectivity index (χ2v) is 5.99. The molecule has 1 aliphatic rings. The van der Waals surface area contributed by atoms with Crippen LogP contribution in [0.1, 0.15) is 25.8 Å². The van der Waals surface area contributed by atoms with Crippen LogP contribution in [0.2, 0.25) is 0 Å². The highest BCUT2D eigenvalue weighted by atomic mass is 16.6. The molecule has 0 saturated carbocycles. The number of ether oxygens (including phenoxy) is 1. The molecule has 1 aromatic carbocycles. The number of aryl methyl sites for hydroxylation is 1. The molecule has 1 aromatic rings. The summed E-state index contributed by atoms with van der Waals surface area (Å²) in [6, 6.07) is 3.94. The first-order valence-electron chi connectivity index (χ1n) is 7.85. The zero-order valence-electron chi connectivity index (χ0n) is 13.7. The van der Waals surface area contributed by atoms with Crippen molar-refractivity contribution in [3.05, 3.63) is 33.9 Å². The molecule has 2 N–H and O–H groups in total. The molecule has 130 valence electrons. The maximum atomic E-state index is 12.2. The molecule has 2 bridgehead atoms. The Morgan fingerprint density at radius 2 is 2.04 bits per heavy atom. The van der Waals surface area contributed by atoms with Crippen LogP contribution in [-0.2, 0) is 16.0 Å². The van der Waals surface area contributed by atoms with Gasteiger partial charge in [-0.1, -0.05) is 19.9 Å². The normalized spacial score (nSPS) is 19.2. The predicted octanol–water partition coefficient (Wildman–Crippen LogP) is 1.18. The summed E-state index contributed by atoms with van der Waals surface area (Å²) in [5, 5.41) is 16.5. The van der Waals surface area contributed by atoms with Gasteiger partial charge in [-0.2, -0.15) is 0 Å². The molecule has 24 heavy (non-hydrogen) atoms. The fourth-order valence-electron chi connectivity index (χ4n) is 2.46. The molecule has 8 heteroatoms. The van der Waals surface area contributed by atoms with Gasteiger partial charge in [0, 0.05) is 12.5 Å². The second kappa shape index (κ2) is 7.76. The predicted molar refractivity (Wildman–Crippen MR) is 86.7 cm³/mol. The lowest BCUT2D eigenvalue weighted by Gasteiger charge is -2.21. The Kier molecular flexibility index (Phi) is 5.73. The molecular formula is C16H21N3O5. The third-order valence-electron chi connectivity index (χ3n) is 3.79. The highest BCUT2D eigenvalue weighted by Gasteiger charge is 2.24. The Morgan fingerprint density at radius 3 is 2.71 bits per heavy atom. The Hall–Kier alpha value is -2.64. The lowest BCUT2D eigenvalue weighted by atomic mass is 10.0. The van der Waals surface area contributed by atoms with E-state index in [9.17, 15) is 19.7 Å². The average molecular weight is 335 g/mol. The molecule has 0 aliphatic carbocycles. The van der Waals surface area contributed by atoms with Crippen molar-refractivity contribution in [1.29, 1.82) is 0 Å². The van der Waals surface area contributed by atoms with Crippen LogP contribution in [0, 0.1) is 16.0 Å². The molecule has 0 fully saturated rings. The molecule has 0 saturated heterocycles. The van der Waals surface area contributed by atoms with Gasteiger partial charge < -0.3 is 15.4 Å². The minimum absolute atomic E-state index is 0.0536. The lowest BCUT2D eigenvalue weighted by Crippen LogP contribution is -2.50. The molecule has 1 atom stereocenters. The van der Waals surface area contributed by atoms with Crippen LogP contribution in [-0.4, -0.2) is 35.9 Å². The number of amides is 2. The molecule has 2 rings (SSSR count).